The highest BCUT2D eigenvalue weighted by Gasteiger charge is 2.18. The lowest BCUT2D eigenvalue weighted by Crippen LogP contribution is -2.13. The van der Waals surface area contributed by atoms with Crippen LogP contribution in [0, 0.1) is 5.41 Å². The molecule has 1 unspecified atom stereocenters. The van der Waals surface area contributed by atoms with Crippen molar-refractivity contribution in [3.8, 4) is 5.75 Å². The molecule has 0 heterocycles. The van der Waals surface area contributed by atoms with Gasteiger partial charge in [-0.3, -0.25) is 4.79 Å². The zero-order chi connectivity index (χ0) is 21.1. The van der Waals surface area contributed by atoms with Crippen molar-refractivity contribution in [1.29, 1.82) is 0 Å². The summed E-state index contributed by atoms with van der Waals surface area (Å²) in [6.07, 6.45) is 0.384. The van der Waals surface area contributed by atoms with Crippen molar-refractivity contribution in [3.05, 3.63) is 58.6 Å². The molecule has 0 fully saturated rings. The molecule has 28 heavy (non-hydrogen) atoms. The van der Waals surface area contributed by atoms with Gasteiger partial charge in [0.2, 0.25) is 0 Å². The van der Waals surface area contributed by atoms with E-state index in [2.05, 4.69) is 4.36 Å². The van der Waals surface area contributed by atoms with E-state index in [9.17, 15) is 12.9 Å². The molecule has 0 saturated heterocycles. The van der Waals surface area contributed by atoms with Gasteiger partial charge < -0.3 is 4.18 Å². The largest absolute Gasteiger partial charge is 0.382 e. The molecule has 2 aromatic carbocycles. The summed E-state index contributed by atoms with van der Waals surface area (Å²) in [6, 6.07) is 10.6. The third-order valence-corrected chi connectivity index (χ3v) is 5.04. The molecule has 0 bridgehead atoms. The molecule has 0 aliphatic rings. The van der Waals surface area contributed by atoms with Gasteiger partial charge in [-0.25, -0.2) is 0 Å². The predicted octanol–water partition coefficient (Wildman–Crippen LogP) is 7.06. The Balaban J connectivity index is 2.17. The Morgan fingerprint density at radius 3 is 2.29 bits per heavy atom. The van der Waals surface area contributed by atoms with Gasteiger partial charge in [0.25, 0.3) is 0 Å². The molecule has 2 rings (SSSR count). The third-order valence-electron chi connectivity index (χ3n) is 3.89. The van der Waals surface area contributed by atoms with E-state index in [1.54, 1.807) is 6.07 Å². The minimum Gasteiger partial charge on any atom is -0.373 e. The summed E-state index contributed by atoms with van der Waals surface area (Å²) >= 11 is 6.16. The molecule has 1 atom stereocenters. The lowest BCUT2D eigenvalue weighted by atomic mass is 9.88. The van der Waals surface area contributed by atoms with Gasteiger partial charge in [-0.05, 0) is 53.3 Å². The molecular formula is C21H25ClFNO3S. The van der Waals surface area contributed by atoms with Crippen molar-refractivity contribution in [2.75, 3.05) is 0 Å². The van der Waals surface area contributed by atoms with Gasteiger partial charge in [0.1, 0.15) is 5.75 Å². The number of hydrogen-bond acceptors (Lipinski definition) is 4. The van der Waals surface area contributed by atoms with Gasteiger partial charge in [-0.1, -0.05) is 56.2 Å². The smallest absolute Gasteiger partial charge is 0.373 e. The molecule has 0 aliphatic heterocycles. The Bertz CT molecular complexity index is 972. The lowest BCUT2D eigenvalue weighted by molar-refractivity contribution is 0.0940. The Labute approximate surface area is 171 Å². The van der Waals surface area contributed by atoms with Gasteiger partial charge in [-0.2, -0.15) is 4.21 Å². The van der Waals surface area contributed by atoms with Crippen LogP contribution >= 0.6 is 11.6 Å². The first kappa shape index (κ1) is 22.4. The number of rotatable bonds is 6. The molecule has 0 aliphatic carbocycles. The maximum atomic E-state index is 14.4. The summed E-state index contributed by atoms with van der Waals surface area (Å²) < 4.78 is 34.9. The van der Waals surface area contributed by atoms with E-state index < -0.39 is 10.4 Å². The molecule has 152 valence electrons. The van der Waals surface area contributed by atoms with Gasteiger partial charge in [-0.15, -0.1) is 4.36 Å². The van der Waals surface area contributed by atoms with E-state index in [0.29, 0.717) is 17.0 Å². The number of nitrogens with zero attached hydrogens (tertiary/aromatic N) is 1. The molecular weight excluding hydrogens is 401 g/mol. The predicted molar refractivity (Wildman–Crippen MR) is 112 cm³/mol. The van der Waals surface area contributed by atoms with E-state index >= 15 is 0 Å². The Kier molecular flexibility index (Phi) is 6.88. The second-order valence-corrected chi connectivity index (χ2v) is 9.71. The monoisotopic (exact) mass is 425 g/mol. The highest BCUT2D eigenvalue weighted by Crippen LogP contribution is 2.30. The standard InChI is InChI=1S/C21H25ClFNO3S/c1-14(2)18-11-8-16(12-19(18)22)24-28(23,26)27-17-9-6-15(7-10-17)20(25)13-21(3,4)5/h6-12,14H,13H2,1-5H3. The van der Waals surface area contributed by atoms with Crippen LogP contribution in [-0.4, -0.2) is 9.99 Å². The zero-order valence-corrected chi connectivity index (χ0v) is 18.2. The van der Waals surface area contributed by atoms with Crippen molar-refractivity contribution in [3.63, 3.8) is 0 Å². The summed E-state index contributed by atoms with van der Waals surface area (Å²) in [4.78, 5) is 12.2. The molecule has 7 heteroatoms. The fourth-order valence-electron chi connectivity index (χ4n) is 2.58. The minimum absolute atomic E-state index is 0.0217. The summed E-state index contributed by atoms with van der Waals surface area (Å²) in [5.74, 6) is 0.199. The van der Waals surface area contributed by atoms with Crippen LogP contribution in [0.15, 0.2) is 46.8 Å². The first-order chi connectivity index (χ1) is 12.9. The van der Waals surface area contributed by atoms with Crippen molar-refractivity contribution in [1.82, 2.24) is 0 Å². The first-order valence-corrected chi connectivity index (χ1v) is 10.7. The molecule has 0 saturated carbocycles. The van der Waals surface area contributed by atoms with Crippen LogP contribution < -0.4 is 4.18 Å². The van der Waals surface area contributed by atoms with Crippen LogP contribution in [0.1, 0.15) is 62.9 Å². The summed E-state index contributed by atoms with van der Waals surface area (Å²) in [7, 11) is -4.47. The SMILES string of the molecule is CC(C)c1ccc(N=S(=O)(F)Oc2ccc(C(=O)CC(C)(C)C)cc2)cc1Cl. The maximum Gasteiger partial charge on any atom is 0.382 e. The Morgan fingerprint density at radius 2 is 1.79 bits per heavy atom. The number of halogens is 2. The van der Waals surface area contributed by atoms with Crippen LogP contribution in [0.25, 0.3) is 0 Å². The van der Waals surface area contributed by atoms with Crippen molar-refractivity contribution in [2.45, 2.75) is 47.0 Å². The van der Waals surface area contributed by atoms with Gasteiger partial charge in [0, 0.05) is 17.0 Å². The van der Waals surface area contributed by atoms with Gasteiger partial charge in [0.05, 0.1) is 5.69 Å². The van der Waals surface area contributed by atoms with Crippen LogP contribution in [-0.2, 0) is 10.4 Å². The van der Waals surface area contributed by atoms with E-state index in [1.807, 2.05) is 34.6 Å². The fraction of sp³-hybridized carbons (Fsp3) is 0.381. The van der Waals surface area contributed by atoms with Crippen molar-refractivity contribution in [2.24, 2.45) is 9.78 Å². The number of hydrogen-bond donors (Lipinski definition) is 0. The summed E-state index contributed by atoms with van der Waals surface area (Å²) in [6.45, 7) is 9.89. The average Bonchev–Trinajstić information content (AvgIpc) is 2.52. The summed E-state index contributed by atoms with van der Waals surface area (Å²) in [5.41, 5.74) is 1.37. The molecule has 0 amide bonds. The Morgan fingerprint density at radius 1 is 1.18 bits per heavy atom. The second-order valence-electron chi connectivity index (χ2n) is 8.13. The highest BCUT2D eigenvalue weighted by atomic mass is 35.5. The first-order valence-electron chi connectivity index (χ1n) is 8.95. The normalized spacial score (nSPS) is 13.9. The lowest BCUT2D eigenvalue weighted by Gasteiger charge is -2.16. The van der Waals surface area contributed by atoms with Gasteiger partial charge in [0.15, 0.2) is 5.78 Å². The van der Waals surface area contributed by atoms with Gasteiger partial charge >= 0.3 is 10.4 Å². The van der Waals surface area contributed by atoms with E-state index in [-0.39, 0.29) is 28.6 Å². The maximum absolute atomic E-state index is 14.4. The topological polar surface area (TPSA) is 55.7 Å². The number of Topliss-reactive ketones (excluding diaryl/α,β-unsaturated/α-hetero) is 1. The fourth-order valence-corrected chi connectivity index (χ4v) is 3.73. The highest BCUT2D eigenvalue weighted by molar-refractivity contribution is 7.84. The van der Waals surface area contributed by atoms with E-state index in [1.165, 1.54) is 36.4 Å². The molecule has 0 aromatic heterocycles. The number of carbonyl (C=O) groups excluding carboxylic acids is 1. The third kappa shape index (κ3) is 6.60. The van der Waals surface area contributed by atoms with Crippen LogP contribution in [0.2, 0.25) is 5.02 Å². The molecule has 0 N–H and O–H groups in total. The second kappa shape index (κ2) is 8.62. The van der Waals surface area contributed by atoms with E-state index in [4.69, 9.17) is 15.8 Å². The molecule has 0 radical (unpaired) electrons. The number of ketones is 1. The van der Waals surface area contributed by atoms with E-state index in [0.717, 1.165) is 5.56 Å². The number of benzene rings is 2. The number of carbonyl (C=O) groups is 1. The average molecular weight is 426 g/mol. The minimum atomic E-state index is -4.47. The summed E-state index contributed by atoms with van der Waals surface area (Å²) in [5, 5.41) is 0.424. The van der Waals surface area contributed by atoms with Crippen LogP contribution in [0.3, 0.4) is 0 Å². The molecule has 0 spiro atoms. The molecule has 4 nitrogen and oxygen atoms in total. The van der Waals surface area contributed by atoms with Crippen LogP contribution in [0.5, 0.6) is 5.75 Å². The van der Waals surface area contributed by atoms with Crippen LogP contribution in [0.4, 0.5) is 9.57 Å². The molecule has 2 aromatic rings. The quantitative estimate of drug-likeness (QED) is 0.367. The van der Waals surface area contributed by atoms with Crippen molar-refractivity contribution < 1.29 is 17.1 Å². The zero-order valence-electron chi connectivity index (χ0n) is 16.7. The Hall–Kier alpha value is -1.92. The van der Waals surface area contributed by atoms with Crippen molar-refractivity contribution >= 4 is 33.5 Å².